The fraction of sp³-hybridized carbons (Fsp3) is 0.462. The summed E-state index contributed by atoms with van der Waals surface area (Å²) in [5.41, 5.74) is 1.08. The molecule has 1 aromatic carbocycles. The number of rotatable bonds is 5. The molecule has 0 radical (unpaired) electrons. The van der Waals surface area contributed by atoms with E-state index in [0.717, 1.165) is 13.0 Å². The summed E-state index contributed by atoms with van der Waals surface area (Å²) in [5.74, 6) is 0.266. The zero-order chi connectivity index (χ0) is 13.8. The van der Waals surface area contributed by atoms with Gasteiger partial charge in [-0.3, -0.25) is 4.79 Å². The van der Waals surface area contributed by atoms with Crippen LogP contribution in [0.25, 0.3) is 0 Å². The second kappa shape index (κ2) is 5.90. The second-order valence-corrected chi connectivity index (χ2v) is 4.44. The smallest absolute Gasteiger partial charge is 0.262 e. The predicted octanol–water partition coefficient (Wildman–Crippen LogP) is 0.756. The summed E-state index contributed by atoms with van der Waals surface area (Å²) < 4.78 is 5.41. The molecule has 0 aromatic heterocycles. The van der Waals surface area contributed by atoms with E-state index in [1.807, 2.05) is 6.92 Å². The highest BCUT2D eigenvalue weighted by Gasteiger charge is 2.24. The zero-order valence-electron chi connectivity index (χ0n) is 10.8. The number of fused-ring (bicyclic) bond motifs is 1. The molecule has 1 amide bonds. The summed E-state index contributed by atoms with van der Waals surface area (Å²) in [6, 6.07) is 2.64. The lowest BCUT2D eigenvalue weighted by molar-refractivity contribution is -0.118. The van der Waals surface area contributed by atoms with Gasteiger partial charge in [-0.2, -0.15) is 0 Å². The van der Waals surface area contributed by atoms with E-state index in [4.69, 9.17) is 4.74 Å². The van der Waals surface area contributed by atoms with Crippen molar-refractivity contribution in [3.63, 3.8) is 0 Å². The Kier molecular flexibility index (Phi) is 4.24. The molecule has 19 heavy (non-hydrogen) atoms. The van der Waals surface area contributed by atoms with Crippen molar-refractivity contribution in [2.45, 2.75) is 19.4 Å². The van der Waals surface area contributed by atoms with Crippen LogP contribution in [0.15, 0.2) is 12.1 Å². The highest BCUT2D eigenvalue weighted by Crippen LogP contribution is 2.38. The van der Waals surface area contributed by atoms with Crippen molar-refractivity contribution in [3.05, 3.63) is 17.7 Å². The standard InChI is InChI=1S/C13H18N2O4/c1-2-3-14-11(6-16)9-4-8(17)5-10-13(9)19-7-12(18)15-10/h4-5,11,14,16-17H,2-3,6-7H2,1H3,(H,15,18). The van der Waals surface area contributed by atoms with Crippen LogP contribution in [0.2, 0.25) is 0 Å². The third kappa shape index (κ3) is 2.97. The molecule has 2 rings (SSSR count). The number of phenols is 1. The van der Waals surface area contributed by atoms with E-state index >= 15 is 0 Å². The quantitative estimate of drug-likeness (QED) is 0.631. The summed E-state index contributed by atoms with van der Waals surface area (Å²) in [6.07, 6.45) is 0.926. The van der Waals surface area contributed by atoms with Gasteiger partial charge in [-0.1, -0.05) is 6.92 Å². The second-order valence-electron chi connectivity index (χ2n) is 4.44. The number of benzene rings is 1. The van der Waals surface area contributed by atoms with Crippen molar-refractivity contribution in [1.82, 2.24) is 5.32 Å². The number of amides is 1. The van der Waals surface area contributed by atoms with Gasteiger partial charge in [-0.25, -0.2) is 0 Å². The predicted molar refractivity (Wildman–Crippen MR) is 70.4 cm³/mol. The van der Waals surface area contributed by atoms with E-state index in [9.17, 15) is 15.0 Å². The lowest BCUT2D eigenvalue weighted by Crippen LogP contribution is -2.29. The maximum absolute atomic E-state index is 11.3. The Hall–Kier alpha value is -1.79. The number of phenolic OH excluding ortho intramolecular Hbond substituents is 1. The van der Waals surface area contributed by atoms with Crippen LogP contribution < -0.4 is 15.4 Å². The number of aliphatic hydroxyl groups is 1. The number of carbonyl (C=O) groups is 1. The van der Waals surface area contributed by atoms with Crippen LogP contribution in [0.1, 0.15) is 24.9 Å². The van der Waals surface area contributed by atoms with Crippen LogP contribution in [0.3, 0.4) is 0 Å². The topological polar surface area (TPSA) is 90.8 Å². The number of aromatic hydroxyl groups is 1. The number of anilines is 1. The van der Waals surface area contributed by atoms with E-state index in [1.54, 1.807) is 6.07 Å². The Balaban J connectivity index is 2.35. The fourth-order valence-electron chi connectivity index (χ4n) is 2.06. The first-order chi connectivity index (χ1) is 9.15. The molecule has 4 N–H and O–H groups in total. The van der Waals surface area contributed by atoms with E-state index in [2.05, 4.69) is 10.6 Å². The molecule has 104 valence electrons. The molecule has 0 fully saturated rings. The van der Waals surface area contributed by atoms with Crippen molar-refractivity contribution in [1.29, 1.82) is 0 Å². The van der Waals surface area contributed by atoms with E-state index in [1.165, 1.54) is 6.07 Å². The van der Waals surface area contributed by atoms with Crippen molar-refractivity contribution >= 4 is 11.6 Å². The molecule has 6 heteroatoms. The molecule has 1 aromatic rings. The van der Waals surface area contributed by atoms with Gasteiger partial charge < -0.3 is 25.6 Å². The maximum Gasteiger partial charge on any atom is 0.262 e. The highest BCUT2D eigenvalue weighted by molar-refractivity contribution is 5.96. The van der Waals surface area contributed by atoms with E-state index < -0.39 is 0 Å². The number of ether oxygens (including phenoxy) is 1. The first-order valence-electron chi connectivity index (χ1n) is 6.29. The molecule has 1 aliphatic heterocycles. The number of carbonyl (C=O) groups excluding carboxylic acids is 1. The van der Waals surface area contributed by atoms with Crippen molar-refractivity contribution < 1.29 is 19.7 Å². The van der Waals surface area contributed by atoms with Gasteiger partial charge in [0.1, 0.15) is 11.5 Å². The average Bonchev–Trinajstić information content (AvgIpc) is 2.38. The number of hydrogen-bond acceptors (Lipinski definition) is 5. The molecule has 0 bridgehead atoms. The monoisotopic (exact) mass is 266 g/mol. The molecule has 0 aliphatic carbocycles. The minimum absolute atomic E-state index is 0.0244. The van der Waals surface area contributed by atoms with Gasteiger partial charge in [-0.05, 0) is 19.0 Å². The molecule has 0 saturated heterocycles. The SMILES string of the molecule is CCCNC(CO)c1cc(O)cc2c1OCC(=O)N2. The number of aliphatic hydroxyl groups excluding tert-OH is 1. The van der Waals surface area contributed by atoms with E-state index in [0.29, 0.717) is 17.0 Å². The van der Waals surface area contributed by atoms with Gasteiger partial charge in [0, 0.05) is 11.6 Å². The Labute approximate surface area is 111 Å². The normalized spacial score (nSPS) is 15.4. The van der Waals surface area contributed by atoms with Gasteiger partial charge in [0.25, 0.3) is 5.91 Å². The maximum atomic E-state index is 11.3. The Bertz CT molecular complexity index is 476. The van der Waals surface area contributed by atoms with Crippen LogP contribution >= 0.6 is 0 Å². The Morgan fingerprint density at radius 2 is 2.32 bits per heavy atom. The molecule has 6 nitrogen and oxygen atoms in total. The summed E-state index contributed by atoms with van der Waals surface area (Å²) in [5, 5.41) is 25.0. The van der Waals surface area contributed by atoms with Gasteiger partial charge in [0.15, 0.2) is 6.61 Å². The van der Waals surface area contributed by atoms with Crippen LogP contribution in [0.4, 0.5) is 5.69 Å². The molecule has 1 heterocycles. The Morgan fingerprint density at radius 3 is 3.00 bits per heavy atom. The highest BCUT2D eigenvalue weighted by atomic mass is 16.5. The van der Waals surface area contributed by atoms with Crippen molar-refractivity contribution in [3.8, 4) is 11.5 Å². The van der Waals surface area contributed by atoms with Crippen LogP contribution in [-0.4, -0.2) is 35.9 Å². The van der Waals surface area contributed by atoms with Gasteiger partial charge in [-0.15, -0.1) is 0 Å². The zero-order valence-corrected chi connectivity index (χ0v) is 10.8. The summed E-state index contributed by atoms with van der Waals surface area (Å²) in [7, 11) is 0. The van der Waals surface area contributed by atoms with Crippen molar-refractivity contribution in [2.24, 2.45) is 0 Å². The summed E-state index contributed by atoms with van der Waals surface area (Å²) in [6.45, 7) is 2.59. The minimum Gasteiger partial charge on any atom is -0.508 e. The van der Waals surface area contributed by atoms with E-state index in [-0.39, 0.29) is 30.9 Å². The molecule has 1 aliphatic rings. The van der Waals surface area contributed by atoms with Crippen LogP contribution in [0, 0.1) is 0 Å². The van der Waals surface area contributed by atoms with Crippen LogP contribution in [-0.2, 0) is 4.79 Å². The van der Waals surface area contributed by atoms with Gasteiger partial charge in [0.05, 0.1) is 18.3 Å². The lowest BCUT2D eigenvalue weighted by Gasteiger charge is -2.25. The van der Waals surface area contributed by atoms with Crippen LogP contribution in [0.5, 0.6) is 11.5 Å². The summed E-state index contributed by atoms with van der Waals surface area (Å²) >= 11 is 0. The first kappa shape index (κ1) is 13.6. The molecular weight excluding hydrogens is 248 g/mol. The fourth-order valence-corrected chi connectivity index (χ4v) is 2.06. The number of hydrogen-bond donors (Lipinski definition) is 4. The first-order valence-corrected chi connectivity index (χ1v) is 6.29. The minimum atomic E-state index is -0.337. The summed E-state index contributed by atoms with van der Waals surface area (Å²) in [4.78, 5) is 11.3. The Morgan fingerprint density at radius 1 is 1.53 bits per heavy atom. The third-order valence-corrected chi connectivity index (χ3v) is 2.92. The molecule has 1 atom stereocenters. The molecule has 0 spiro atoms. The molecule has 1 unspecified atom stereocenters. The molecule has 0 saturated carbocycles. The third-order valence-electron chi connectivity index (χ3n) is 2.92. The molecular formula is C13H18N2O4. The average molecular weight is 266 g/mol. The van der Waals surface area contributed by atoms with Crippen molar-refractivity contribution in [2.75, 3.05) is 25.1 Å². The lowest BCUT2D eigenvalue weighted by atomic mass is 10.0. The van der Waals surface area contributed by atoms with Gasteiger partial charge in [0.2, 0.25) is 0 Å². The van der Waals surface area contributed by atoms with Gasteiger partial charge >= 0.3 is 0 Å². The largest absolute Gasteiger partial charge is 0.508 e. The number of nitrogens with one attached hydrogen (secondary N) is 2.